The number of hydrogen-bond donors (Lipinski definition) is 1. The smallest absolute Gasteiger partial charge is 0.324 e. The first-order valence-corrected chi connectivity index (χ1v) is 6.35. The van der Waals surface area contributed by atoms with Crippen LogP contribution < -0.4 is 14.8 Å². The SMILES string of the molecule is CNc1nc(OC)nc(OC2CCCC(C)C2)n1. The van der Waals surface area contributed by atoms with Crippen LogP contribution in [0.4, 0.5) is 5.95 Å². The summed E-state index contributed by atoms with van der Waals surface area (Å²) in [7, 11) is 3.28. The third-order valence-corrected chi connectivity index (χ3v) is 3.16. The number of rotatable bonds is 4. The van der Waals surface area contributed by atoms with Crippen LogP contribution in [0, 0.1) is 5.92 Å². The molecule has 1 aliphatic carbocycles. The molecule has 2 unspecified atom stereocenters. The molecule has 1 aromatic rings. The molecular formula is C12H20N4O2. The fourth-order valence-corrected chi connectivity index (χ4v) is 2.23. The second-order valence-corrected chi connectivity index (χ2v) is 4.69. The van der Waals surface area contributed by atoms with Gasteiger partial charge in [-0.25, -0.2) is 0 Å². The Bertz CT molecular complexity index is 377. The highest BCUT2D eigenvalue weighted by atomic mass is 16.5. The third kappa shape index (κ3) is 3.21. The van der Waals surface area contributed by atoms with Gasteiger partial charge in [0.05, 0.1) is 7.11 Å². The highest BCUT2D eigenvalue weighted by Gasteiger charge is 2.21. The van der Waals surface area contributed by atoms with Gasteiger partial charge in [0.25, 0.3) is 0 Å². The minimum Gasteiger partial charge on any atom is -0.467 e. The zero-order valence-electron chi connectivity index (χ0n) is 11.1. The van der Waals surface area contributed by atoms with E-state index in [4.69, 9.17) is 9.47 Å². The van der Waals surface area contributed by atoms with Crippen molar-refractivity contribution < 1.29 is 9.47 Å². The van der Waals surface area contributed by atoms with E-state index in [1.165, 1.54) is 20.0 Å². The quantitative estimate of drug-likeness (QED) is 0.882. The lowest BCUT2D eigenvalue weighted by Gasteiger charge is -2.26. The van der Waals surface area contributed by atoms with Gasteiger partial charge in [-0.3, -0.25) is 0 Å². The summed E-state index contributed by atoms with van der Waals surface area (Å²) in [5, 5.41) is 2.87. The molecule has 0 aliphatic heterocycles. The molecule has 1 heterocycles. The van der Waals surface area contributed by atoms with Crippen LogP contribution in [0.25, 0.3) is 0 Å². The van der Waals surface area contributed by atoms with Crippen molar-refractivity contribution in [3.05, 3.63) is 0 Å². The number of nitrogens with zero attached hydrogens (tertiary/aromatic N) is 3. The van der Waals surface area contributed by atoms with Crippen LogP contribution in [-0.2, 0) is 0 Å². The molecule has 0 saturated heterocycles. The van der Waals surface area contributed by atoms with Gasteiger partial charge in [0.2, 0.25) is 5.95 Å². The molecule has 6 nitrogen and oxygen atoms in total. The number of anilines is 1. The molecule has 0 amide bonds. The molecule has 0 radical (unpaired) electrons. The molecule has 0 bridgehead atoms. The van der Waals surface area contributed by atoms with Crippen molar-refractivity contribution in [3.8, 4) is 12.0 Å². The Kier molecular flexibility index (Phi) is 4.17. The summed E-state index contributed by atoms with van der Waals surface area (Å²) in [6, 6.07) is 0.610. The molecule has 0 spiro atoms. The summed E-state index contributed by atoms with van der Waals surface area (Å²) in [6.07, 6.45) is 4.80. The van der Waals surface area contributed by atoms with E-state index < -0.39 is 0 Å². The Morgan fingerprint density at radius 2 is 1.94 bits per heavy atom. The van der Waals surface area contributed by atoms with Crippen LogP contribution in [0.15, 0.2) is 0 Å². The molecule has 18 heavy (non-hydrogen) atoms. The largest absolute Gasteiger partial charge is 0.467 e. The van der Waals surface area contributed by atoms with Crippen molar-refractivity contribution in [1.82, 2.24) is 15.0 Å². The fourth-order valence-electron chi connectivity index (χ4n) is 2.23. The minimum absolute atomic E-state index is 0.200. The Morgan fingerprint density at radius 1 is 1.17 bits per heavy atom. The van der Waals surface area contributed by atoms with Crippen LogP contribution in [0.3, 0.4) is 0 Å². The maximum atomic E-state index is 5.83. The minimum atomic E-state index is 0.200. The molecule has 1 aliphatic rings. The first kappa shape index (κ1) is 12.9. The standard InChI is InChI=1S/C12H20N4O2/c1-8-5-4-6-9(7-8)18-12-15-10(13-2)14-11(16-12)17-3/h8-9H,4-7H2,1-3H3,(H,13,14,15,16). The highest BCUT2D eigenvalue weighted by molar-refractivity contribution is 5.26. The molecule has 2 atom stereocenters. The van der Waals surface area contributed by atoms with Gasteiger partial charge in [-0.15, -0.1) is 4.98 Å². The van der Waals surface area contributed by atoms with E-state index in [2.05, 4.69) is 27.2 Å². The molecular weight excluding hydrogens is 232 g/mol. The monoisotopic (exact) mass is 252 g/mol. The number of aromatic nitrogens is 3. The summed E-state index contributed by atoms with van der Waals surface area (Å²) < 4.78 is 10.9. The summed E-state index contributed by atoms with van der Waals surface area (Å²) in [5.74, 6) is 1.16. The van der Waals surface area contributed by atoms with Crippen molar-refractivity contribution in [2.45, 2.75) is 38.7 Å². The average molecular weight is 252 g/mol. The second kappa shape index (κ2) is 5.84. The third-order valence-electron chi connectivity index (χ3n) is 3.16. The summed E-state index contributed by atoms with van der Waals surface area (Å²) >= 11 is 0. The topological polar surface area (TPSA) is 69.2 Å². The van der Waals surface area contributed by atoms with E-state index in [-0.39, 0.29) is 12.1 Å². The Morgan fingerprint density at radius 3 is 2.61 bits per heavy atom. The second-order valence-electron chi connectivity index (χ2n) is 4.69. The molecule has 2 rings (SSSR count). The van der Waals surface area contributed by atoms with Gasteiger partial charge in [0.1, 0.15) is 6.10 Å². The van der Waals surface area contributed by atoms with Crippen LogP contribution in [0.1, 0.15) is 32.6 Å². The summed E-state index contributed by atoms with van der Waals surface area (Å²) in [4.78, 5) is 12.3. The number of methoxy groups -OCH3 is 1. The van der Waals surface area contributed by atoms with E-state index in [0.29, 0.717) is 17.9 Å². The lowest BCUT2D eigenvalue weighted by molar-refractivity contribution is 0.117. The van der Waals surface area contributed by atoms with Crippen LogP contribution >= 0.6 is 0 Å². The Labute approximate surface area is 107 Å². The Balaban J connectivity index is 2.07. The van der Waals surface area contributed by atoms with Gasteiger partial charge in [-0.2, -0.15) is 9.97 Å². The number of nitrogens with one attached hydrogen (secondary N) is 1. The first-order chi connectivity index (χ1) is 8.71. The Hall–Kier alpha value is -1.59. The van der Waals surface area contributed by atoms with E-state index in [1.54, 1.807) is 7.05 Å². The van der Waals surface area contributed by atoms with Crippen LogP contribution in [0.2, 0.25) is 0 Å². The zero-order valence-corrected chi connectivity index (χ0v) is 11.1. The number of ether oxygens (including phenoxy) is 2. The lowest BCUT2D eigenvalue weighted by atomic mass is 9.89. The first-order valence-electron chi connectivity index (χ1n) is 6.35. The van der Waals surface area contributed by atoms with Gasteiger partial charge in [0, 0.05) is 7.05 Å². The lowest BCUT2D eigenvalue weighted by Crippen LogP contribution is -2.25. The maximum Gasteiger partial charge on any atom is 0.324 e. The van der Waals surface area contributed by atoms with Crippen molar-refractivity contribution >= 4 is 5.95 Å². The molecule has 1 saturated carbocycles. The molecule has 1 fully saturated rings. The summed E-state index contributed by atoms with van der Waals surface area (Å²) in [5.41, 5.74) is 0. The normalized spacial score (nSPS) is 23.5. The van der Waals surface area contributed by atoms with Crippen LogP contribution in [-0.4, -0.2) is 35.2 Å². The molecule has 0 aromatic carbocycles. The number of hydrogen-bond acceptors (Lipinski definition) is 6. The van der Waals surface area contributed by atoms with Gasteiger partial charge >= 0.3 is 12.0 Å². The van der Waals surface area contributed by atoms with Gasteiger partial charge < -0.3 is 14.8 Å². The molecule has 1 aromatic heterocycles. The molecule has 6 heteroatoms. The molecule has 100 valence electrons. The summed E-state index contributed by atoms with van der Waals surface area (Å²) in [6.45, 7) is 2.25. The highest BCUT2D eigenvalue weighted by Crippen LogP contribution is 2.26. The van der Waals surface area contributed by atoms with Crippen molar-refractivity contribution in [3.63, 3.8) is 0 Å². The van der Waals surface area contributed by atoms with Crippen molar-refractivity contribution in [1.29, 1.82) is 0 Å². The van der Waals surface area contributed by atoms with Crippen LogP contribution in [0.5, 0.6) is 12.0 Å². The maximum absolute atomic E-state index is 5.83. The van der Waals surface area contributed by atoms with Gasteiger partial charge in [-0.1, -0.05) is 13.3 Å². The van der Waals surface area contributed by atoms with Crippen molar-refractivity contribution in [2.24, 2.45) is 5.92 Å². The predicted molar refractivity (Wildman–Crippen MR) is 68.0 cm³/mol. The van der Waals surface area contributed by atoms with Gasteiger partial charge in [0.15, 0.2) is 0 Å². The van der Waals surface area contributed by atoms with E-state index in [0.717, 1.165) is 12.8 Å². The van der Waals surface area contributed by atoms with E-state index in [9.17, 15) is 0 Å². The fraction of sp³-hybridized carbons (Fsp3) is 0.750. The predicted octanol–water partition coefficient (Wildman–Crippen LogP) is 1.88. The van der Waals surface area contributed by atoms with E-state index >= 15 is 0 Å². The van der Waals surface area contributed by atoms with Crippen molar-refractivity contribution in [2.75, 3.05) is 19.5 Å². The van der Waals surface area contributed by atoms with E-state index in [1.807, 2.05) is 0 Å². The zero-order chi connectivity index (χ0) is 13.0. The molecule has 1 N–H and O–H groups in total. The van der Waals surface area contributed by atoms with Gasteiger partial charge in [-0.05, 0) is 25.2 Å². The average Bonchev–Trinajstić information content (AvgIpc) is 2.38.